The average molecular weight is 374 g/mol. The topological polar surface area (TPSA) is 93.2 Å². The molecule has 2 aliphatic heterocycles. The molecule has 0 radical (unpaired) electrons. The van der Waals surface area contributed by atoms with Gasteiger partial charge in [0.2, 0.25) is 5.91 Å². The largest absolute Gasteiger partial charge is 0.469 e. The Hall–Kier alpha value is -2.74. The fourth-order valence-corrected chi connectivity index (χ4v) is 3.31. The minimum Gasteiger partial charge on any atom is -0.469 e. The first-order valence-electron chi connectivity index (χ1n) is 8.83. The number of benzene rings is 1. The van der Waals surface area contributed by atoms with E-state index in [1.165, 1.54) is 7.11 Å². The number of ether oxygens (including phenoxy) is 2. The van der Waals surface area contributed by atoms with Crippen LogP contribution in [0.15, 0.2) is 18.2 Å². The highest BCUT2D eigenvalue weighted by Crippen LogP contribution is 2.24. The Balaban J connectivity index is 1.57. The second kappa shape index (κ2) is 7.87. The monoisotopic (exact) mass is 374 g/mol. The van der Waals surface area contributed by atoms with E-state index in [-0.39, 0.29) is 43.7 Å². The summed E-state index contributed by atoms with van der Waals surface area (Å²) in [5.74, 6) is -1.30. The van der Waals surface area contributed by atoms with Crippen LogP contribution < -0.4 is 0 Å². The molecule has 1 fully saturated rings. The molecule has 8 nitrogen and oxygen atoms in total. The Morgan fingerprint density at radius 1 is 1.22 bits per heavy atom. The van der Waals surface area contributed by atoms with Gasteiger partial charge < -0.3 is 14.4 Å². The Labute approximate surface area is 157 Å². The quantitative estimate of drug-likeness (QED) is 0.558. The molecule has 1 aromatic carbocycles. The van der Waals surface area contributed by atoms with Crippen molar-refractivity contribution in [3.05, 3.63) is 34.9 Å². The number of nitrogens with zero attached hydrogens (tertiary/aromatic N) is 2. The fraction of sp³-hybridized carbons (Fsp3) is 0.474. The van der Waals surface area contributed by atoms with Gasteiger partial charge in [-0.3, -0.25) is 24.1 Å². The molecule has 1 aromatic rings. The predicted octanol–water partition coefficient (Wildman–Crippen LogP) is 0.772. The van der Waals surface area contributed by atoms with E-state index in [0.717, 1.165) is 10.5 Å². The van der Waals surface area contributed by atoms with E-state index in [9.17, 15) is 19.2 Å². The lowest BCUT2D eigenvalue weighted by Gasteiger charge is -2.32. The highest BCUT2D eigenvalue weighted by molar-refractivity contribution is 6.21. The van der Waals surface area contributed by atoms with Crippen molar-refractivity contribution in [2.24, 2.45) is 0 Å². The summed E-state index contributed by atoms with van der Waals surface area (Å²) in [6, 6.07) is 5.12. The second-order valence-corrected chi connectivity index (χ2v) is 6.67. The van der Waals surface area contributed by atoms with Crippen LogP contribution in [0, 0.1) is 6.92 Å². The summed E-state index contributed by atoms with van der Waals surface area (Å²) >= 11 is 0. The number of methoxy groups -OCH3 is 1. The van der Waals surface area contributed by atoms with Gasteiger partial charge in [0.15, 0.2) is 0 Å². The summed E-state index contributed by atoms with van der Waals surface area (Å²) in [6.45, 7) is 2.92. The molecule has 2 heterocycles. The maximum atomic E-state index is 12.5. The zero-order chi connectivity index (χ0) is 19.6. The number of hydrogen-bond donors (Lipinski definition) is 0. The molecule has 27 heavy (non-hydrogen) atoms. The van der Waals surface area contributed by atoms with Crippen LogP contribution in [0.1, 0.15) is 39.1 Å². The zero-order valence-electron chi connectivity index (χ0n) is 15.4. The summed E-state index contributed by atoms with van der Waals surface area (Å²) < 4.78 is 10.1. The van der Waals surface area contributed by atoms with Crippen LogP contribution in [0.25, 0.3) is 0 Å². The van der Waals surface area contributed by atoms with E-state index in [1.807, 2.05) is 6.92 Å². The van der Waals surface area contributed by atoms with Crippen LogP contribution in [0.2, 0.25) is 0 Å². The van der Waals surface area contributed by atoms with Crippen LogP contribution in [0.4, 0.5) is 0 Å². The molecular weight excluding hydrogens is 352 g/mol. The third-order valence-electron chi connectivity index (χ3n) is 4.79. The van der Waals surface area contributed by atoms with Gasteiger partial charge in [-0.1, -0.05) is 11.6 Å². The van der Waals surface area contributed by atoms with Gasteiger partial charge in [-0.15, -0.1) is 0 Å². The van der Waals surface area contributed by atoms with Crippen molar-refractivity contribution >= 4 is 23.7 Å². The molecule has 0 N–H and O–H groups in total. The molecule has 0 saturated carbocycles. The van der Waals surface area contributed by atoms with Crippen LogP contribution in [-0.4, -0.2) is 72.9 Å². The van der Waals surface area contributed by atoms with E-state index < -0.39 is 12.1 Å². The third kappa shape index (κ3) is 4.00. The van der Waals surface area contributed by atoms with Crippen molar-refractivity contribution < 1.29 is 28.7 Å². The minimum absolute atomic E-state index is 0.0310. The van der Waals surface area contributed by atoms with Gasteiger partial charge in [0.05, 0.1) is 37.4 Å². The Morgan fingerprint density at radius 3 is 2.70 bits per heavy atom. The number of amides is 3. The maximum Gasteiger partial charge on any atom is 0.308 e. The summed E-state index contributed by atoms with van der Waals surface area (Å²) in [5, 5.41) is 0. The molecule has 0 spiro atoms. The molecule has 0 aromatic heterocycles. The van der Waals surface area contributed by atoms with Gasteiger partial charge in [0, 0.05) is 26.1 Å². The van der Waals surface area contributed by atoms with Crippen molar-refractivity contribution in [3.63, 3.8) is 0 Å². The first kappa shape index (κ1) is 19.0. The highest BCUT2D eigenvalue weighted by atomic mass is 16.5. The minimum atomic E-state index is -0.405. The van der Waals surface area contributed by atoms with Crippen molar-refractivity contribution in [1.82, 2.24) is 9.80 Å². The van der Waals surface area contributed by atoms with Crippen LogP contribution in [-0.2, 0) is 19.1 Å². The van der Waals surface area contributed by atoms with Gasteiger partial charge in [-0.05, 0) is 19.1 Å². The molecule has 2 aliphatic rings. The molecule has 144 valence electrons. The van der Waals surface area contributed by atoms with Gasteiger partial charge in [-0.2, -0.15) is 0 Å². The van der Waals surface area contributed by atoms with Gasteiger partial charge in [0.1, 0.15) is 0 Å². The normalized spacial score (nSPS) is 19.3. The summed E-state index contributed by atoms with van der Waals surface area (Å²) in [5.41, 5.74) is 1.66. The fourth-order valence-electron chi connectivity index (χ4n) is 3.31. The number of hydrogen-bond acceptors (Lipinski definition) is 6. The van der Waals surface area contributed by atoms with Crippen molar-refractivity contribution in [2.75, 3.05) is 33.4 Å². The zero-order valence-corrected chi connectivity index (χ0v) is 15.4. The molecule has 0 unspecified atom stereocenters. The molecular formula is C19H22N2O6. The average Bonchev–Trinajstić information content (AvgIpc) is 2.89. The number of carbonyl (C=O) groups is 4. The summed E-state index contributed by atoms with van der Waals surface area (Å²) in [4.78, 5) is 51.5. The Bertz CT molecular complexity index is 790. The maximum absolute atomic E-state index is 12.5. The molecule has 1 saturated heterocycles. The van der Waals surface area contributed by atoms with E-state index in [4.69, 9.17) is 4.74 Å². The lowest BCUT2D eigenvalue weighted by atomic mass is 10.1. The second-order valence-electron chi connectivity index (χ2n) is 6.67. The Kier molecular flexibility index (Phi) is 5.55. The third-order valence-corrected chi connectivity index (χ3v) is 4.79. The van der Waals surface area contributed by atoms with Crippen LogP contribution in [0.3, 0.4) is 0 Å². The molecule has 0 bridgehead atoms. The van der Waals surface area contributed by atoms with E-state index >= 15 is 0 Å². The highest BCUT2D eigenvalue weighted by Gasteiger charge is 2.36. The summed E-state index contributed by atoms with van der Waals surface area (Å²) in [7, 11) is 1.30. The number of aryl methyl sites for hydroxylation is 1. The predicted molar refractivity (Wildman–Crippen MR) is 94.1 cm³/mol. The number of carbonyl (C=O) groups excluding carboxylic acids is 4. The SMILES string of the molecule is COC(=O)C[C@@H]1CN(C(=O)CCN2C(=O)c3ccc(C)cc3C2=O)CCO1. The van der Waals surface area contributed by atoms with Crippen LogP contribution in [0.5, 0.6) is 0 Å². The molecule has 1 atom stereocenters. The molecule has 8 heteroatoms. The first-order valence-corrected chi connectivity index (χ1v) is 8.83. The molecule has 3 amide bonds. The van der Waals surface area contributed by atoms with E-state index in [2.05, 4.69) is 4.74 Å². The van der Waals surface area contributed by atoms with Crippen LogP contribution >= 0.6 is 0 Å². The van der Waals surface area contributed by atoms with Crippen molar-refractivity contribution in [3.8, 4) is 0 Å². The first-order chi connectivity index (χ1) is 12.9. The summed E-state index contributed by atoms with van der Waals surface area (Å²) in [6.07, 6.45) is -0.287. The number of rotatable bonds is 5. The van der Waals surface area contributed by atoms with E-state index in [1.54, 1.807) is 23.1 Å². The smallest absolute Gasteiger partial charge is 0.308 e. The van der Waals surface area contributed by atoms with Crippen molar-refractivity contribution in [2.45, 2.75) is 25.9 Å². The lowest BCUT2D eigenvalue weighted by Crippen LogP contribution is -2.47. The van der Waals surface area contributed by atoms with Gasteiger partial charge in [-0.25, -0.2) is 0 Å². The number of esters is 1. The molecule has 0 aliphatic carbocycles. The number of fused-ring (bicyclic) bond motifs is 1. The van der Waals surface area contributed by atoms with Gasteiger partial charge >= 0.3 is 5.97 Å². The standard InChI is InChI=1S/C19H22N2O6/c1-12-3-4-14-15(9-12)19(25)21(18(14)24)6-5-16(22)20-7-8-27-13(11-20)10-17(23)26-2/h3-4,9,13H,5-8,10-11H2,1-2H3/t13-/m1/s1. The van der Waals surface area contributed by atoms with E-state index in [0.29, 0.717) is 24.3 Å². The Morgan fingerprint density at radius 2 is 1.96 bits per heavy atom. The number of imide groups is 1. The van der Waals surface area contributed by atoms with Crippen molar-refractivity contribution in [1.29, 1.82) is 0 Å². The number of morpholine rings is 1. The lowest BCUT2D eigenvalue weighted by molar-refractivity contribution is -0.150. The van der Waals surface area contributed by atoms with Gasteiger partial charge in [0.25, 0.3) is 11.8 Å². The molecule has 3 rings (SSSR count).